The zero-order chi connectivity index (χ0) is 29.8. The summed E-state index contributed by atoms with van der Waals surface area (Å²) in [5.74, 6) is -1.39. The van der Waals surface area contributed by atoms with E-state index in [2.05, 4.69) is 16.0 Å². The van der Waals surface area contributed by atoms with Gasteiger partial charge in [0.2, 0.25) is 11.8 Å². The van der Waals surface area contributed by atoms with Gasteiger partial charge in [-0.15, -0.1) is 0 Å². The fraction of sp³-hybridized carbons (Fsp3) is 0.448. The molecule has 1 aliphatic heterocycles. The van der Waals surface area contributed by atoms with Crippen molar-refractivity contribution in [2.24, 2.45) is 5.73 Å². The van der Waals surface area contributed by atoms with Gasteiger partial charge in [0.05, 0.1) is 19.2 Å². The highest BCUT2D eigenvalue weighted by atomic mass is 16.5. The molecule has 0 unspecified atom stereocenters. The molecule has 0 saturated carbocycles. The summed E-state index contributed by atoms with van der Waals surface area (Å²) < 4.78 is 11.2. The van der Waals surface area contributed by atoms with E-state index in [9.17, 15) is 19.5 Å². The number of aliphatic carboxylic acids is 1. The van der Waals surface area contributed by atoms with Crippen molar-refractivity contribution in [3.63, 3.8) is 0 Å². The predicted octanol–water partition coefficient (Wildman–Crippen LogP) is 1.02. The molecular formula is C29H40N6O6. The average molecular weight is 569 g/mol. The normalized spacial score (nSPS) is 15.8. The van der Waals surface area contributed by atoms with E-state index in [1.807, 2.05) is 49.4 Å². The third-order valence-corrected chi connectivity index (χ3v) is 6.94. The van der Waals surface area contributed by atoms with Crippen molar-refractivity contribution in [2.45, 2.75) is 50.4 Å². The van der Waals surface area contributed by atoms with E-state index in [0.717, 1.165) is 5.56 Å². The quantitative estimate of drug-likeness (QED) is 0.143. The maximum absolute atomic E-state index is 13.7. The summed E-state index contributed by atoms with van der Waals surface area (Å²) in [6.07, 6.45) is 0.570. The van der Waals surface area contributed by atoms with Crippen LogP contribution in [0.25, 0.3) is 0 Å². The Morgan fingerprint density at radius 1 is 1.07 bits per heavy atom. The van der Waals surface area contributed by atoms with E-state index < -0.39 is 42.5 Å². The van der Waals surface area contributed by atoms with Crippen LogP contribution in [0.15, 0.2) is 54.6 Å². The van der Waals surface area contributed by atoms with Gasteiger partial charge in [-0.1, -0.05) is 42.5 Å². The van der Waals surface area contributed by atoms with Gasteiger partial charge >= 0.3 is 5.97 Å². The molecule has 7 N–H and O–H groups in total. The summed E-state index contributed by atoms with van der Waals surface area (Å²) in [4.78, 5) is 40.4. The fourth-order valence-corrected chi connectivity index (χ4v) is 4.79. The van der Waals surface area contributed by atoms with Crippen LogP contribution in [-0.2, 0) is 25.5 Å². The minimum atomic E-state index is -1.11. The Hall–Kier alpha value is -4.16. The first-order valence-corrected chi connectivity index (χ1v) is 13.7. The third kappa shape index (κ3) is 9.47. The molecule has 12 heteroatoms. The van der Waals surface area contributed by atoms with Crippen LogP contribution < -0.4 is 26.4 Å². The lowest BCUT2D eigenvalue weighted by molar-refractivity contribution is -0.137. The molecule has 2 aromatic carbocycles. The van der Waals surface area contributed by atoms with Crippen molar-refractivity contribution in [2.75, 3.05) is 33.4 Å². The molecule has 0 aromatic heterocycles. The minimum Gasteiger partial charge on any atom is -0.494 e. The van der Waals surface area contributed by atoms with Gasteiger partial charge < -0.3 is 35.8 Å². The van der Waals surface area contributed by atoms with Gasteiger partial charge in [-0.3, -0.25) is 25.1 Å². The second kappa shape index (κ2) is 15.6. The van der Waals surface area contributed by atoms with E-state index in [4.69, 9.17) is 20.6 Å². The number of amides is 2. The predicted molar refractivity (Wildman–Crippen MR) is 154 cm³/mol. The molecule has 3 atom stereocenters. The number of guanidine groups is 1. The number of rotatable bonds is 14. The lowest BCUT2D eigenvalue weighted by atomic mass is 9.98. The van der Waals surface area contributed by atoms with Crippen molar-refractivity contribution < 1.29 is 29.0 Å². The molecule has 1 saturated heterocycles. The summed E-state index contributed by atoms with van der Waals surface area (Å²) in [6, 6.07) is 14.1. The van der Waals surface area contributed by atoms with Crippen molar-refractivity contribution in [3.05, 3.63) is 65.7 Å². The van der Waals surface area contributed by atoms with Crippen molar-refractivity contribution in [3.8, 4) is 5.75 Å². The monoisotopic (exact) mass is 568 g/mol. The molecule has 0 spiro atoms. The van der Waals surface area contributed by atoms with Gasteiger partial charge in [0.1, 0.15) is 17.9 Å². The van der Waals surface area contributed by atoms with Crippen LogP contribution >= 0.6 is 0 Å². The molecule has 1 heterocycles. The first kappa shape index (κ1) is 31.4. The Morgan fingerprint density at radius 3 is 2.29 bits per heavy atom. The summed E-state index contributed by atoms with van der Waals surface area (Å²) >= 11 is 0. The number of nitrogens with two attached hydrogens (primary N) is 1. The third-order valence-electron chi connectivity index (χ3n) is 6.94. The second-order valence-electron chi connectivity index (χ2n) is 9.82. The number of piperidine rings is 1. The van der Waals surface area contributed by atoms with Crippen LogP contribution in [-0.4, -0.2) is 85.2 Å². The minimum absolute atomic E-state index is 0.00382. The number of hydrogen-bond donors (Lipinski definition) is 6. The highest BCUT2D eigenvalue weighted by Crippen LogP contribution is 2.22. The Kier molecular flexibility index (Phi) is 11.9. The van der Waals surface area contributed by atoms with Gasteiger partial charge in [-0.2, -0.15) is 0 Å². The molecule has 1 aliphatic rings. The number of carbonyl (C=O) groups excluding carboxylic acids is 2. The van der Waals surface area contributed by atoms with E-state index in [0.29, 0.717) is 43.9 Å². The summed E-state index contributed by atoms with van der Waals surface area (Å²) in [5.41, 5.74) is 7.08. The highest BCUT2D eigenvalue weighted by molar-refractivity contribution is 5.91. The molecule has 3 rings (SSSR count). The molecule has 2 aromatic rings. The lowest BCUT2D eigenvalue weighted by Gasteiger charge is -2.34. The molecule has 222 valence electrons. The number of benzene rings is 2. The maximum atomic E-state index is 13.7. The fourth-order valence-electron chi connectivity index (χ4n) is 4.79. The number of hydrogen-bond acceptors (Lipinski definition) is 7. The van der Waals surface area contributed by atoms with E-state index in [1.165, 1.54) is 7.11 Å². The van der Waals surface area contributed by atoms with Crippen molar-refractivity contribution in [1.29, 1.82) is 5.41 Å². The van der Waals surface area contributed by atoms with Gasteiger partial charge in [-0.25, -0.2) is 0 Å². The molecule has 12 nitrogen and oxygen atoms in total. The van der Waals surface area contributed by atoms with Crippen molar-refractivity contribution in [1.82, 2.24) is 20.9 Å². The molecule has 0 radical (unpaired) electrons. The van der Waals surface area contributed by atoms with E-state index in [1.54, 1.807) is 17.0 Å². The van der Waals surface area contributed by atoms with Gasteiger partial charge in [0, 0.05) is 26.2 Å². The number of nitrogens with zero attached hydrogens (tertiary/aromatic N) is 1. The highest BCUT2D eigenvalue weighted by Gasteiger charge is 2.35. The zero-order valence-corrected chi connectivity index (χ0v) is 23.5. The smallest absolute Gasteiger partial charge is 0.317 e. The van der Waals surface area contributed by atoms with Crippen LogP contribution in [0.5, 0.6) is 5.75 Å². The Balaban J connectivity index is 1.81. The first-order chi connectivity index (χ1) is 19.7. The second-order valence-corrected chi connectivity index (χ2v) is 9.82. The number of carboxylic acid groups (broad SMARTS) is 1. The number of carboxylic acids is 1. The lowest BCUT2D eigenvalue weighted by Crippen LogP contribution is -2.58. The van der Waals surface area contributed by atoms with E-state index >= 15 is 0 Å². The summed E-state index contributed by atoms with van der Waals surface area (Å²) in [6.45, 7) is 3.04. The molecule has 0 bridgehead atoms. The SMILES string of the molecule is CCOc1ccc(C[C@@H](NCC(=O)O)C(=O)N[C@H](C(=O)NC2CCN(C(=N)N)CC2)[C@@H](OC)c2ccccc2)cc1. The number of methoxy groups -OCH3 is 1. The Bertz CT molecular complexity index is 1150. The number of carbonyl (C=O) groups is 3. The molecule has 2 amide bonds. The Labute approximate surface area is 240 Å². The van der Waals surface area contributed by atoms with Gasteiger partial charge in [-0.05, 0) is 49.4 Å². The molecule has 1 fully saturated rings. The first-order valence-electron chi connectivity index (χ1n) is 13.7. The van der Waals surface area contributed by atoms with Crippen LogP contribution in [0.4, 0.5) is 0 Å². The van der Waals surface area contributed by atoms with Crippen LogP contribution in [0.3, 0.4) is 0 Å². The summed E-state index contributed by atoms with van der Waals surface area (Å²) in [5, 5.41) is 25.6. The topological polar surface area (TPSA) is 179 Å². The zero-order valence-electron chi connectivity index (χ0n) is 23.5. The standard InChI is InChI=1S/C29H40N6O6/c1-3-41-22-11-9-19(10-12-22)17-23(32-18-24(36)37)27(38)34-25(26(40-2)20-7-5-4-6-8-20)28(39)33-21-13-15-35(16-14-21)29(30)31/h4-12,21,23,25-26,32H,3,13-18H2,1-2H3,(H3,30,31)(H,33,39)(H,34,38)(H,36,37)/t23-,25+,26+/m1/s1. The van der Waals surface area contributed by atoms with Gasteiger partial charge in [0.15, 0.2) is 5.96 Å². The molecule has 0 aliphatic carbocycles. The number of nitrogens with one attached hydrogen (secondary N) is 4. The molecular weight excluding hydrogens is 528 g/mol. The average Bonchev–Trinajstić information content (AvgIpc) is 2.96. The maximum Gasteiger partial charge on any atom is 0.317 e. The number of likely N-dealkylation sites (tertiary alicyclic amines) is 1. The van der Waals surface area contributed by atoms with Crippen LogP contribution in [0.2, 0.25) is 0 Å². The van der Waals surface area contributed by atoms with Crippen LogP contribution in [0.1, 0.15) is 37.0 Å². The summed E-state index contributed by atoms with van der Waals surface area (Å²) in [7, 11) is 1.47. The van der Waals surface area contributed by atoms with Gasteiger partial charge in [0.25, 0.3) is 0 Å². The Morgan fingerprint density at radius 2 is 1.73 bits per heavy atom. The number of ether oxygens (including phenoxy) is 2. The van der Waals surface area contributed by atoms with E-state index in [-0.39, 0.29) is 18.4 Å². The largest absolute Gasteiger partial charge is 0.494 e. The van der Waals surface area contributed by atoms with Crippen LogP contribution in [0, 0.1) is 5.41 Å². The molecule has 41 heavy (non-hydrogen) atoms. The van der Waals surface area contributed by atoms with Crippen molar-refractivity contribution >= 4 is 23.7 Å².